The van der Waals surface area contributed by atoms with Crippen molar-refractivity contribution in [2.24, 2.45) is 0 Å². The summed E-state index contributed by atoms with van der Waals surface area (Å²) in [5, 5.41) is 17.0. The van der Waals surface area contributed by atoms with E-state index in [2.05, 4.69) is 10.2 Å². The van der Waals surface area contributed by atoms with Crippen molar-refractivity contribution in [1.82, 2.24) is 10.2 Å². The molecule has 2 rings (SSSR count). The Balaban J connectivity index is 2.19. The molecular weight excluding hydrogens is 291 g/mol. The van der Waals surface area contributed by atoms with Crippen LogP contribution in [0.1, 0.15) is 11.3 Å². The van der Waals surface area contributed by atoms with Crippen molar-refractivity contribution in [2.45, 2.75) is 13.1 Å². The number of alkyl halides is 3. The van der Waals surface area contributed by atoms with Crippen molar-refractivity contribution in [3.8, 4) is 11.6 Å². The van der Waals surface area contributed by atoms with Gasteiger partial charge in [0.2, 0.25) is 5.88 Å². The standard InChI is InChI=1S/C12H8F3N3O3/c1-7-6-8(2-3-9(7)18(19)20)21-11-5-4-10(16-17-11)12(13,14)15/h2-6H,1H3. The van der Waals surface area contributed by atoms with E-state index in [1.807, 2.05) is 0 Å². The first-order chi connectivity index (χ1) is 9.77. The summed E-state index contributed by atoms with van der Waals surface area (Å²) >= 11 is 0. The zero-order valence-electron chi connectivity index (χ0n) is 10.6. The molecule has 0 atom stereocenters. The summed E-state index contributed by atoms with van der Waals surface area (Å²) in [5.41, 5.74) is -0.854. The number of aromatic nitrogens is 2. The highest BCUT2D eigenvalue weighted by molar-refractivity contribution is 5.45. The molecule has 0 aliphatic carbocycles. The third-order valence-corrected chi connectivity index (χ3v) is 2.52. The van der Waals surface area contributed by atoms with Crippen LogP contribution in [0.2, 0.25) is 0 Å². The molecule has 0 saturated carbocycles. The minimum atomic E-state index is -4.57. The molecule has 0 aliphatic heterocycles. The molecule has 0 bridgehead atoms. The topological polar surface area (TPSA) is 78.2 Å². The lowest BCUT2D eigenvalue weighted by Gasteiger charge is -2.07. The van der Waals surface area contributed by atoms with Gasteiger partial charge in [-0.1, -0.05) is 0 Å². The fraction of sp³-hybridized carbons (Fsp3) is 0.167. The van der Waals surface area contributed by atoms with Crippen LogP contribution in [0.5, 0.6) is 11.6 Å². The van der Waals surface area contributed by atoms with Gasteiger partial charge in [-0.05, 0) is 25.1 Å². The molecule has 0 N–H and O–H groups in total. The van der Waals surface area contributed by atoms with Gasteiger partial charge in [0.1, 0.15) is 5.75 Å². The first-order valence-corrected chi connectivity index (χ1v) is 5.61. The predicted molar refractivity (Wildman–Crippen MR) is 64.9 cm³/mol. The molecule has 0 radical (unpaired) electrons. The van der Waals surface area contributed by atoms with Crippen molar-refractivity contribution in [3.05, 3.63) is 51.7 Å². The van der Waals surface area contributed by atoms with Crippen LogP contribution < -0.4 is 4.74 Å². The highest BCUT2D eigenvalue weighted by Gasteiger charge is 2.33. The summed E-state index contributed by atoms with van der Waals surface area (Å²) in [6.45, 7) is 1.52. The predicted octanol–water partition coefficient (Wildman–Crippen LogP) is 3.50. The van der Waals surface area contributed by atoms with Crippen LogP contribution in [0, 0.1) is 17.0 Å². The first-order valence-electron chi connectivity index (χ1n) is 5.61. The van der Waals surface area contributed by atoms with E-state index in [0.29, 0.717) is 5.56 Å². The molecule has 1 heterocycles. The Morgan fingerprint density at radius 3 is 2.38 bits per heavy atom. The SMILES string of the molecule is Cc1cc(Oc2ccc(C(F)(F)F)nn2)ccc1[N+](=O)[O-]. The molecule has 6 nitrogen and oxygen atoms in total. The molecule has 2 aromatic rings. The summed E-state index contributed by atoms with van der Waals surface area (Å²) in [5.74, 6) is 0.0726. The summed E-state index contributed by atoms with van der Waals surface area (Å²) in [7, 11) is 0. The normalized spacial score (nSPS) is 11.2. The molecule has 0 saturated heterocycles. The number of aryl methyl sites for hydroxylation is 1. The van der Waals surface area contributed by atoms with E-state index >= 15 is 0 Å². The van der Waals surface area contributed by atoms with Crippen molar-refractivity contribution in [2.75, 3.05) is 0 Å². The number of benzene rings is 1. The minimum absolute atomic E-state index is 0.0825. The smallest absolute Gasteiger partial charge is 0.435 e. The van der Waals surface area contributed by atoms with Gasteiger partial charge in [0.05, 0.1) is 4.92 Å². The zero-order valence-corrected chi connectivity index (χ0v) is 10.6. The highest BCUT2D eigenvalue weighted by Crippen LogP contribution is 2.29. The molecule has 110 valence electrons. The molecule has 0 amide bonds. The number of nitro groups is 1. The van der Waals surface area contributed by atoms with Crippen molar-refractivity contribution >= 4 is 5.69 Å². The lowest BCUT2D eigenvalue weighted by Crippen LogP contribution is -2.08. The van der Waals surface area contributed by atoms with E-state index in [9.17, 15) is 23.3 Å². The number of rotatable bonds is 3. The maximum absolute atomic E-state index is 12.3. The van der Waals surface area contributed by atoms with Crippen LogP contribution in [-0.4, -0.2) is 15.1 Å². The van der Waals surface area contributed by atoms with Crippen molar-refractivity contribution in [1.29, 1.82) is 0 Å². The van der Waals surface area contributed by atoms with Gasteiger partial charge >= 0.3 is 6.18 Å². The fourth-order valence-electron chi connectivity index (χ4n) is 1.54. The Bertz CT molecular complexity index is 672. The molecule has 0 spiro atoms. The van der Waals surface area contributed by atoms with E-state index < -0.39 is 16.8 Å². The molecule has 9 heteroatoms. The molecular formula is C12H8F3N3O3. The average molecular weight is 299 g/mol. The lowest BCUT2D eigenvalue weighted by atomic mass is 10.2. The minimum Gasteiger partial charge on any atom is -0.438 e. The molecule has 0 unspecified atom stereocenters. The molecule has 0 fully saturated rings. The second-order valence-electron chi connectivity index (χ2n) is 4.06. The van der Waals surface area contributed by atoms with E-state index in [-0.39, 0.29) is 17.3 Å². The Labute approximate surface area is 116 Å². The Morgan fingerprint density at radius 2 is 1.90 bits per heavy atom. The quantitative estimate of drug-likeness (QED) is 0.640. The molecule has 1 aromatic heterocycles. The van der Waals surface area contributed by atoms with Crippen LogP contribution >= 0.6 is 0 Å². The third kappa shape index (κ3) is 3.44. The van der Waals surface area contributed by atoms with E-state index in [4.69, 9.17) is 4.74 Å². The van der Waals surface area contributed by atoms with Gasteiger partial charge in [-0.25, -0.2) is 0 Å². The van der Waals surface area contributed by atoms with Gasteiger partial charge in [0, 0.05) is 17.7 Å². The lowest BCUT2D eigenvalue weighted by molar-refractivity contribution is -0.385. The average Bonchev–Trinajstić information content (AvgIpc) is 2.38. The first kappa shape index (κ1) is 14.7. The van der Waals surface area contributed by atoms with Gasteiger partial charge in [-0.3, -0.25) is 10.1 Å². The van der Waals surface area contributed by atoms with Crippen molar-refractivity contribution in [3.63, 3.8) is 0 Å². The van der Waals surface area contributed by atoms with E-state index in [1.54, 1.807) is 0 Å². The molecule has 1 aromatic carbocycles. The van der Waals surface area contributed by atoms with E-state index in [0.717, 1.165) is 12.1 Å². The van der Waals surface area contributed by atoms with Crippen molar-refractivity contribution < 1.29 is 22.8 Å². The second-order valence-corrected chi connectivity index (χ2v) is 4.06. The van der Waals surface area contributed by atoms with E-state index in [1.165, 1.54) is 25.1 Å². The fourth-order valence-corrected chi connectivity index (χ4v) is 1.54. The van der Waals surface area contributed by atoms with Gasteiger partial charge in [-0.2, -0.15) is 13.2 Å². The van der Waals surface area contributed by atoms with Crippen LogP contribution in [0.4, 0.5) is 18.9 Å². The second kappa shape index (κ2) is 5.35. The number of ether oxygens (including phenoxy) is 1. The third-order valence-electron chi connectivity index (χ3n) is 2.52. The monoisotopic (exact) mass is 299 g/mol. The van der Waals surface area contributed by atoms with Crippen LogP contribution in [0.25, 0.3) is 0 Å². The number of nitrogens with zero attached hydrogens (tertiary/aromatic N) is 3. The number of hydrogen-bond acceptors (Lipinski definition) is 5. The zero-order chi connectivity index (χ0) is 15.6. The largest absolute Gasteiger partial charge is 0.438 e. The number of hydrogen-bond donors (Lipinski definition) is 0. The summed E-state index contributed by atoms with van der Waals surface area (Å²) in [6.07, 6.45) is -4.57. The van der Waals surface area contributed by atoms with Gasteiger partial charge in [-0.15, -0.1) is 10.2 Å². The maximum Gasteiger partial charge on any atom is 0.435 e. The summed E-state index contributed by atoms with van der Waals surface area (Å²) < 4.78 is 42.1. The van der Waals surface area contributed by atoms with Gasteiger partial charge in [0.25, 0.3) is 5.69 Å². The highest BCUT2D eigenvalue weighted by atomic mass is 19.4. The molecule has 21 heavy (non-hydrogen) atoms. The van der Waals surface area contributed by atoms with Crippen LogP contribution in [0.15, 0.2) is 30.3 Å². The Morgan fingerprint density at radius 1 is 1.19 bits per heavy atom. The van der Waals surface area contributed by atoms with Gasteiger partial charge < -0.3 is 4.74 Å². The van der Waals surface area contributed by atoms with Crippen LogP contribution in [-0.2, 0) is 6.18 Å². The molecule has 0 aliphatic rings. The number of halogens is 3. The summed E-state index contributed by atoms with van der Waals surface area (Å²) in [6, 6.07) is 5.71. The number of nitro benzene ring substituents is 1. The summed E-state index contributed by atoms with van der Waals surface area (Å²) in [4.78, 5) is 10.1. The maximum atomic E-state index is 12.3. The van der Waals surface area contributed by atoms with Gasteiger partial charge in [0.15, 0.2) is 5.69 Å². The Hall–Kier alpha value is -2.71. The Kier molecular flexibility index (Phi) is 3.74. The van der Waals surface area contributed by atoms with Crippen LogP contribution in [0.3, 0.4) is 0 Å².